The van der Waals surface area contributed by atoms with Crippen molar-refractivity contribution in [3.05, 3.63) is 111 Å². The molecule has 3 aromatic carbocycles. The standard InChI is InChI=1S/C35H40N4O3/c1-5-38-31(37-39(34(38)42)23-25-11-19-29(20-12-25)35(2,3)4)8-6-7-24-9-13-26(14-10-24)27-15-17-28(18-16-27)32(40)33(41)36-30-21-22-30/h9-20,30H,5-8,21-23H2,1-4H3,(H,36,41). The molecule has 0 saturated heterocycles. The summed E-state index contributed by atoms with van der Waals surface area (Å²) in [7, 11) is 0. The number of nitrogens with zero attached hydrogens (tertiary/aromatic N) is 3. The van der Waals surface area contributed by atoms with Gasteiger partial charge in [0.25, 0.3) is 5.91 Å². The molecule has 1 heterocycles. The van der Waals surface area contributed by atoms with E-state index in [1.807, 2.05) is 19.1 Å². The number of aryl methyl sites for hydroxylation is 2. The predicted molar refractivity (Wildman–Crippen MR) is 166 cm³/mol. The number of hydrogen-bond acceptors (Lipinski definition) is 4. The maximum atomic E-state index is 13.0. The van der Waals surface area contributed by atoms with Gasteiger partial charge in [-0.15, -0.1) is 0 Å². The molecule has 0 atom stereocenters. The van der Waals surface area contributed by atoms with Gasteiger partial charge in [-0.25, -0.2) is 9.48 Å². The largest absolute Gasteiger partial charge is 0.346 e. The third-order valence-corrected chi connectivity index (χ3v) is 7.89. The first kappa shape index (κ1) is 29.2. The first-order valence-electron chi connectivity index (χ1n) is 14.9. The zero-order chi connectivity index (χ0) is 29.9. The Bertz CT molecular complexity index is 1600. The van der Waals surface area contributed by atoms with E-state index in [1.165, 1.54) is 11.1 Å². The maximum absolute atomic E-state index is 13.0. The fourth-order valence-corrected chi connectivity index (χ4v) is 5.11. The van der Waals surface area contributed by atoms with E-state index in [4.69, 9.17) is 5.10 Å². The summed E-state index contributed by atoms with van der Waals surface area (Å²) in [6.07, 6.45) is 4.39. The Hall–Kier alpha value is -4.26. The highest BCUT2D eigenvalue weighted by atomic mass is 16.2. The Morgan fingerprint density at radius 3 is 2.02 bits per heavy atom. The number of benzene rings is 3. The van der Waals surface area contributed by atoms with Crippen LogP contribution >= 0.6 is 0 Å². The van der Waals surface area contributed by atoms with Crippen molar-refractivity contribution in [3.8, 4) is 11.1 Å². The van der Waals surface area contributed by atoms with Gasteiger partial charge in [-0.3, -0.25) is 14.2 Å². The zero-order valence-electron chi connectivity index (χ0n) is 25.0. The lowest BCUT2D eigenvalue weighted by Gasteiger charge is -2.19. The van der Waals surface area contributed by atoms with E-state index in [1.54, 1.807) is 21.4 Å². The summed E-state index contributed by atoms with van der Waals surface area (Å²) in [6.45, 7) is 9.63. The van der Waals surface area contributed by atoms with E-state index in [0.29, 0.717) is 18.7 Å². The van der Waals surface area contributed by atoms with Crippen molar-refractivity contribution in [3.63, 3.8) is 0 Å². The predicted octanol–water partition coefficient (Wildman–Crippen LogP) is 5.71. The molecule has 0 radical (unpaired) electrons. The minimum atomic E-state index is -0.525. The number of carbonyl (C=O) groups excluding carboxylic acids is 2. The average Bonchev–Trinajstić information content (AvgIpc) is 3.75. The van der Waals surface area contributed by atoms with Gasteiger partial charge in [0.05, 0.1) is 6.54 Å². The Labute approximate surface area is 247 Å². The number of ketones is 1. The summed E-state index contributed by atoms with van der Waals surface area (Å²) in [5.41, 5.74) is 6.03. The van der Waals surface area contributed by atoms with Gasteiger partial charge >= 0.3 is 5.69 Å². The Kier molecular flexibility index (Phi) is 8.57. The molecule has 1 aliphatic carbocycles. The van der Waals surface area contributed by atoms with Crippen LogP contribution in [0.4, 0.5) is 0 Å². The van der Waals surface area contributed by atoms with Crippen molar-refractivity contribution in [2.75, 3.05) is 0 Å². The van der Waals surface area contributed by atoms with Crippen LogP contribution < -0.4 is 11.0 Å². The Morgan fingerprint density at radius 2 is 1.45 bits per heavy atom. The van der Waals surface area contributed by atoms with Gasteiger partial charge in [0.1, 0.15) is 5.82 Å². The van der Waals surface area contributed by atoms with Crippen molar-refractivity contribution in [1.29, 1.82) is 0 Å². The number of amides is 1. The summed E-state index contributed by atoms with van der Waals surface area (Å²) < 4.78 is 3.36. The van der Waals surface area contributed by atoms with Gasteiger partial charge < -0.3 is 5.32 Å². The second-order valence-electron chi connectivity index (χ2n) is 12.3. The van der Waals surface area contributed by atoms with E-state index in [-0.39, 0.29) is 17.1 Å². The van der Waals surface area contributed by atoms with Gasteiger partial charge in [0.15, 0.2) is 0 Å². The molecule has 1 N–H and O–H groups in total. The van der Waals surface area contributed by atoms with Gasteiger partial charge in [0.2, 0.25) is 5.78 Å². The van der Waals surface area contributed by atoms with E-state index < -0.39 is 11.7 Å². The quantitative estimate of drug-likeness (QED) is 0.187. The Balaban J connectivity index is 1.17. The smallest absolute Gasteiger partial charge is 0.346 e. The van der Waals surface area contributed by atoms with Gasteiger partial charge in [-0.05, 0) is 65.8 Å². The molecule has 1 fully saturated rings. The first-order chi connectivity index (χ1) is 20.1. The summed E-state index contributed by atoms with van der Waals surface area (Å²) in [5.74, 6) is -0.189. The third-order valence-electron chi connectivity index (χ3n) is 7.89. The van der Waals surface area contributed by atoms with Crippen LogP contribution in [0, 0.1) is 0 Å². The van der Waals surface area contributed by atoms with Crippen LogP contribution in [0.5, 0.6) is 0 Å². The minimum Gasteiger partial charge on any atom is -0.346 e. The molecular formula is C35H40N4O3. The number of carbonyl (C=O) groups is 2. The first-order valence-corrected chi connectivity index (χ1v) is 14.9. The number of Topliss-reactive ketones (excluding diaryl/α,β-unsaturated/α-hetero) is 1. The molecule has 0 unspecified atom stereocenters. The molecule has 1 saturated carbocycles. The summed E-state index contributed by atoms with van der Waals surface area (Å²) in [6, 6.07) is 24.2. The molecule has 1 aliphatic rings. The lowest BCUT2D eigenvalue weighted by Crippen LogP contribution is -2.32. The fraction of sp³-hybridized carbons (Fsp3) is 0.371. The molecule has 42 heavy (non-hydrogen) atoms. The second kappa shape index (κ2) is 12.3. The van der Waals surface area contributed by atoms with Crippen LogP contribution in [-0.4, -0.2) is 32.1 Å². The van der Waals surface area contributed by atoms with Crippen molar-refractivity contribution >= 4 is 11.7 Å². The van der Waals surface area contributed by atoms with Crippen LogP contribution in [0.3, 0.4) is 0 Å². The summed E-state index contributed by atoms with van der Waals surface area (Å²) >= 11 is 0. The molecule has 5 rings (SSSR count). The topological polar surface area (TPSA) is 86.0 Å². The molecule has 218 valence electrons. The highest BCUT2D eigenvalue weighted by Gasteiger charge is 2.27. The number of hydrogen-bond donors (Lipinski definition) is 1. The fourth-order valence-electron chi connectivity index (χ4n) is 5.11. The second-order valence-corrected chi connectivity index (χ2v) is 12.3. The molecule has 0 spiro atoms. The van der Waals surface area contributed by atoms with E-state index >= 15 is 0 Å². The van der Waals surface area contributed by atoms with Crippen LogP contribution in [0.15, 0.2) is 77.6 Å². The average molecular weight is 565 g/mol. The van der Waals surface area contributed by atoms with Crippen molar-refractivity contribution < 1.29 is 9.59 Å². The van der Waals surface area contributed by atoms with E-state index in [0.717, 1.165) is 54.6 Å². The highest BCUT2D eigenvalue weighted by Crippen LogP contribution is 2.23. The zero-order valence-corrected chi connectivity index (χ0v) is 25.0. The molecule has 4 aromatic rings. The summed E-state index contributed by atoms with van der Waals surface area (Å²) in [4.78, 5) is 37.4. The van der Waals surface area contributed by atoms with Gasteiger partial charge in [-0.2, -0.15) is 5.10 Å². The summed E-state index contributed by atoms with van der Waals surface area (Å²) in [5, 5.41) is 7.44. The van der Waals surface area contributed by atoms with Crippen molar-refractivity contribution in [2.24, 2.45) is 0 Å². The minimum absolute atomic E-state index is 0.0620. The lowest BCUT2D eigenvalue weighted by molar-refractivity contribution is -0.117. The highest BCUT2D eigenvalue weighted by molar-refractivity contribution is 6.42. The van der Waals surface area contributed by atoms with Crippen molar-refractivity contribution in [2.45, 2.75) is 84.3 Å². The van der Waals surface area contributed by atoms with Gasteiger partial charge in [-0.1, -0.05) is 93.6 Å². The molecule has 1 aromatic heterocycles. The molecule has 0 aliphatic heterocycles. The number of nitrogens with one attached hydrogen (secondary N) is 1. The van der Waals surface area contributed by atoms with Gasteiger partial charge in [0, 0.05) is 24.6 Å². The van der Waals surface area contributed by atoms with Crippen molar-refractivity contribution in [1.82, 2.24) is 19.7 Å². The monoisotopic (exact) mass is 564 g/mol. The normalized spacial score (nSPS) is 13.2. The van der Waals surface area contributed by atoms with Crippen LogP contribution in [0.2, 0.25) is 0 Å². The molecule has 7 nitrogen and oxygen atoms in total. The SMILES string of the molecule is CCn1c(CCCc2ccc(-c3ccc(C(=O)C(=O)NC4CC4)cc3)cc2)nn(Cc2ccc(C(C)(C)C)cc2)c1=O. The molecule has 7 heteroatoms. The van der Waals surface area contributed by atoms with Crippen LogP contribution in [0.25, 0.3) is 11.1 Å². The molecular weight excluding hydrogens is 524 g/mol. The number of rotatable bonds is 11. The van der Waals surface area contributed by atoms with E-state index in [9.17, 15) is 14.4 Å². The van der Waals surface area contributed by atoms with Crippen LogP contribution in [-0.2, 0) is 36.1 Å². The maximum Gasteiger partial charge on any atom is 0.346 e. The van der Waals surface area contributed by atoms with E-state index in [2.05, 4.69) is 74.6 Å². The number of aromatic nitrogens is 3. The molecule has 1 amide bonds. The van der Waals surface area contributed by atoms with Crippen LogP contribution in [0.1, 0.15) is 79.8 Å². The third kappa shape index (κ3) is 6.96. The lowest BCUT2D eigenvalue weighted by atomic mass is 9.87. The Morgan fingerprint density at radius 1 is 0.857 bits per heavy atom. The molecule has 0 bridgehead atoms.